The fourth-order valence-corrected chi connectivity index (χ4v) is 1.52. The minimum absolute atomic E-state index is 0.0119. The highest BCUT2D eigenvalue weighted by Crippen LogP contribution is 2.25. The summed E-state index contributed by atoms with van der Waals surface area (Å²) in [6.45, 7) is 4.38. The fraction of sp³-hybridized carbons (Fsp3) is 0.500. The van der Waals surface area contributed by atoms with Crippen LogP contribution in [0, 0.1) is 13.8 Å². The third kappa shape index (κ3) is 3.67. The molecule has 0 aliphatic carbocycles. The van der Waals surface area contributed by atoms with E-state index in [-0.39, 0.29) is 12.6 Å². The predicted molar refractivity (Wildman–Crippen MR) is 66.1 cm³/mol. The van der Waals surface area contributed by atoms with Gasteiger partial charge in [-0.3, -0.25) is 0 Å². The maximum atomic E-state index is 8.76. The Morgan fingerprint density at radius 2 is 1.94 bits per heavy atom. The standard InChI is InChI=1S/C12H18ClNO2/c1-8-5-11(6-9(2)12(8)13)16-4-3-10(14)7-15/h5-6,10,15H,3-4,7,14H2,1-2H3. The van der Waals surface area contributed by atoms with E-state index in [4.69, 9.17) is 27.2 Å². The van der Waals surface area contributed by atoms with Crippen molar-refractivity contribution >= 4 is 11.6 Å². The Labute approximate surface area is 101 Å². The highest BCUT2D eigenvalue weighted by molar-refractivity contribution is 6.32. The molecule has 1 rings (SSSR count). The van der Waals surface area contributed by atoms with Gasteiger partial charge in [-0.2, -0.15) is 0 Å². The lowest BCUT2D eigenvalue weighted by atomic mass is 10.1. The van der Waals surface area contributed by atoms with Crippen molar-refractivity contribution in [3.8, 4) is 5.75 Å². The Hall–Kier alpha value is -0.770. The summed E-state index contributed by atoms with van der Waals surface area (Å²) in [6.07, 6.45) is 0.636. The summed E-state index contributed by atoms with van der Waals surface area (Å²) < 4.78 is 5.55. The number of hydrogen-bond acceptors (Lipinski definition) is 3. The summed E-state index contributed by atoms with van der Waals surface area (Å²) >= 11 is 6.05. The molecule has 1 aromatic carbocycles. The number of rotatable bonds is 5. The van der Waals surface area contributed by atoms with E-state index in [0.717, 1.165) is 21.9 Å². The van der Waals surface area contributed by atoms with E-state index in [2.05, 4.69) is 0 Å². The molecule has 0 amide bonds. The lowest BCUT2D eigenvalue weighted by molar-refractivity contribution is 0.230. The molecule has 16 heavy (non-hydrogen) atoms. The molecule has 1 atom stereocenters. The number of ether oxygens (including phenoxy) is 1. The minimum Gasteiger partial charge on any atom is -0.494 e. The highest BCUT2D eigenvalue weighted by atomic mass is 35.5. The van der Waals surface area contributed by atoms with Gasteiger partial charge in [-0.05, 0) is 43.5 Å². The number of hydrogen-bond donors (Lipinski definition) is 2. The quantitative estimate of drug-likeness (QED) is 0.832. The monoisotopic (exact) mass is 243 g/mol. The summed E-state index contributed by atoms with van der Waals surface area (Å²) in [6, 6.07) is 3.59. The van der Waals surface area contributed by atoms with Gasteiger partial charge in [-0.15, -0.1) is 0 Å². The normalized spacial score (nSPS) is 12.6. The van der Waals surface area contributed by atoms with Crippen LogP contribution in [0.3, 0.4) is 0 Å². The molecule has 1 unspecified atom stereocenters. The van der Waals surface area contributed by atoms with Gasteiger partial charge in [0.15, 0.2) is 0 Å². The Morgan fingerprint density at radius 3 is 2.44 bits per heavy atom. The predicted octanol–water partition coefficient (Wildman–Crippen LogP) is 2.05. The van der Waals surface area contributed by atoms with Gasteiger partial charge < -0.3 is 15.6 Å². The van der Waals surface area contributed by atoms with E-state index < -0.39 is 0 Å². The zero-order valence-electron chi connectivity index (χ0n) is 9.66. The second kappa shape index (κ2) is 6.09. The molecule has 0 saturated heterocycles. The van der Waals surface area contributed by atoms with Crippen molar-refractivity contribution in [3.63, 3.8) is 0 Å². The first kappa shape index (κ1) is 13.3. The van der Waals surface area contributed by atoms with Crippen molar-refractivity contribution < 1.29 is 9.84 Å². The molecule has 0 fully saturated rings. The number of benzene rings is 1. The third-order valence-corrected chi connectivity index (χ3v) is 3.00. The maximum absolute atomic E-state index is 8.76. The molecule has 0 saturated carbocycles. The van der Waals surface area contributed by atoms with Crippen LogP contribution in [0.4, 0.5) is 0 Å². The molecule has 0 aromatic heterocycles. The molecule has 3 nitrogen and oxygen atoms in total. The average molecular weight is 244 g/mol. The Kier molecular flexibility index (Phi) is 5.06. The van der Waals surface area contributed by atoms with Crippen molar-refractivity contribution in [1.82, 2.24) is 0 Å². The molecule has 1 aromatic rings. The lowest BCUT2D eigenvalue weighted by Gasteiger charge is -2.12. The van der Waals surface area contributed by atoms with E-state index >= 15 is 0 Å². The second-order valence-corrected chi connectivity index (χ2v) is 4.33. The number of aryl methyl sites for hydroxylation is 2. The molecular formula is C12H18ClNO2. The molecule has 0 aliphatic rings. The first-order valence-corrected chi connectivity index (χ1v) is 5.68. The van der Waals surface area contributed by atoms with Gasteiger partial charge in [0, 0.05) is 11.1 Å². The number of halogens is 1. The summed E-state index contributed by atoms with van der Waals surface area (Å²) in [7, 11) is 0. The van der Waals surface area contributed by atoms with Gasteiger partial charge in [-0.25, -0.2) is 0 Å². The van der Waals surface area contributed by atoms with Crippen molar-refractivity contribution in [1.29, 1.82) is 0 Å². The Bertz CT molecular complexity index is 332. The first-order valence-electron chi connectivity index (χ1n) is 5.30. The molecule has 3 N–H and O–H groups in total. The van der Waals surface area contributed by atoms with Gasteiger partial charge in [0.2, 0.25) is 0 Å². The summed E-state index contributed by atoms with van der Waals surface area (Å²) in [5.74, 6) is 0.796. The topological polar surface area (TPSA) is 55.5 Å². The maximum Gasteiger partial charge on any atom is 0.119 e. The van der Waals surface area contributed by atoms with Crippen LogP contribution in [0.25, 0.3) is 0 Å². The molecule has 0 spiro atoms. The number of aliphatic hydroxyl groups is 1. The highest BCUT2D eigenvalue weighted by Gasteiger charge is 2.04. The van der Waals surface area contributed by atoms with Crippen molar-refractivity contribution in [2.24, 2.45) is 5.73 Å². The zero-order valence-corrected chi connectivity index (χ0v) is 10.4. The van der Waals surface area contributed by atoms with Crippen LogP contribution in [-0.4, -0.2) is 24.4 Å². The molecule has 0 bridgehead atoms. The average Bonchev–Trinajstić information content (AvgIpc) is 2.25. The number of nitrogens with two attached hydrogens (primary N) is 1. The van der Waals surface area contributed by atoms with E-state index in [9.17, 15) is 0 Å². The fourth-order valence-electron chi connectivity index (χ4n) is 1.41. The molecule has 4 heteroatoms. The van der Waals surface area contributed by atoms with Gasteiger partial charge in [0.05, 0.1) is 13.2 Å². The van der Waals surface area contributed by atoms with E-state index in [0.29, 0.717) is 13.0 Å². The second-order valence-electron chi connectivity index (χ2n) is 3.95. The van der Waals surface area contributed by atoms with Gasteiger partial charge in [0.25, 0.3) is 0 Å². The van der Waals surface area contributed by atoms with Crippen molar-refractivity contribution in [2.45, 2.75) is 26.3 Å². The van der Waals surface area contributed by atoms with Gasteiger partial charge in [0.1, 0.15) is 5.75 Å². The van der Waals surface area contributed by atoms with Crippen LogP contribution in [0.15, 0.2) is 12.1 Å². The lowest BCUT2D eigenvalue weighted by Crippen LogP contribution is -2.26. The van der Waals surface area contributed by atoms with Gasteiger partial charge in [-0.1, -0.05) is 11.6 Å². The molecule has 0 heterocycles. The largest absolute Gasteiger partial charge is 0.494 e. The smallest absolute Gasteiger partial charge is 0.119 e. The molecule has 0 radical (unpaired) electrons. The van der Waals surface area contributed by atoms with Crippen LogP contribution < -0.4 is 10.5 Å². The van der Waals surface area contributed by atoms with Crippen LogP contribution in [0.5, 0.6) is 5.75 Å². The van der Waals surface area contributed by atoms with Gasteiger partial charge >= 0.3 is 0 Å². The van der Waals surface area contributed by atoms with Crippen molar-refractivity contribution in [3.05, 3.63) is 28.3 Å². The summed E-state index contributed by atoms with van der Waals surface area (Å²) in [5.41, 5.74) is 7.58. The minimum atomic E-state index is -0.213. The van der Waals surface area contributed by atoms with Crippen LogP contribution in [0.2, 0.25) is 5.02 Å². The van der Waals surface area contributed by atoms with Crippen LogP contribution in [0.1, 0.15) is 17.5 Å². The Morgan fingerprint density at radius 1 is 1.38 bits per heavy atom. The molecule has 90 valence electrons. The van der Waals surface area contributed by atoms with Crippen LogP contribution in [-0.2, 0) is 0 Å². The number of aliphatic hydroxyl groups excluding tert-OH is 1. The van der Waals surface area contributed by atoms with E-state index in [1.807, 2.05) is 26.0 Å². The summed E-state index contributed by atoms with van der Waals surface area (Å²) in [5, 5.41) is 9.54. The van der Waals surface area contributed by atoms with Crippen LogP contribution >= 0.6 is 11.6 Å². The summed E-state index contributed by atoms with van der Waals surface area (Å²) in [4.78, 5) is 0. The Balaban J connectivity index is 2.55. The molecular weight excluding hydrogens is 226 g/mol. The SMILES string of the molecule is Cc1cc(OCCC(N)CO)cc(C)c1Cl. The third-order valence-electron chi connectivity index (χ3n) is 2.40. The van der Waals surface area contributed by atoms with E-state index in [1.165, 1.54) is 0 Å². The van der Waals surface area contributed by atoms with Crippen molar-refractivity contribution in [2.75, 3.05) is 13.2 Å². The molecule has 0 aliphatic heterocycles. The first-order chi connectivity index (χ1) is 7.54. The zero-order chi connectivity index (χ0) is 12.1. The van der Waals surface area contributed by atoms with E-state index in [1.54, 1.807) is 0 Å².